The second-order valence-corrected chi connectivity index (χ2v) is 8.48. The third kappa shape index (κ3) is 4.97. The number of hydrazine groups is 1. The van der Waals surface area contributed by atoms with E-state index in [9.17, 15) is 18.0 Å². The van der Waals surface area contributed by atoms with Gasteiger partial charge in [0.2, 0.25) is 0 Å². The Morgan fingerprint density at radius 2 is 1.76 bits per heavy atom. The average molecular weight is 463 g/mol. The van der Waals surface area contributed by atoms with Gasteiger partial charge in [0.05, 0.1) is 11.2 Å². The van der Waals surface area contributed by atoms with E-state index >= 15 is 0 Å². The van der Waals surface area contributed by atoms with Crippen LogP contribution in [0.5, 0.6) is 0 Å². The number of carbonyl (C=O) groups is 2. The number of furan rings is 1. The van der Waals surface area contributed by atoms with Gasteiger partial charge in [-0.1, -0.05) is 42.5 Å². The molecular formula is C23H17N3O6S. The number of aliphatic carboxylic acids is 1. The zero-order valence-corrected chi connectivity index (χ0v) is 17.8. The standard InChI is InChI=1S/C23H17N3O6S/c27-21(28)13-10-16-8-11-19(12-9-16)33(30,31)25-26-22(17-5-2-1-3-6-17)24-20(23(26)29)15-18-7-4-14-32-18/h1-15,25H,(H,27,28)/b13-10+,20-15+. The molecule has 10 heteroatoms. The quantitative estimate of drug-likeness (QED) is 0.519. The fourth-order valence-electron chi connectivity index (χ4n) is 2.99. The average Bonchev–Trinajstić information content (AvgIpc) is 3.42. The van der Waals surface area contributed by atoms with Crippen LogP contribution in [-0.2, 0) is 19.6 Å². The summed E-state index contributed by atoms with van der Waals surface area (Å²) in [6, 6.07) is 17.5. The summed E-state index contributed by atoms with van der Waals surface area (Å²) in [5, 5.41) is 9.58. The zero-order chi connectivity index (χ0) is 23.4. The minimum Gasteiger partial charge on any atom is -0.478 e. The van der Waals surface area contributed by atoms with Crippen molar-refractivity contribution < 1.29 is 27.5 Å². The van der Waals surface area contributed by atoms with Gasteiger partial charge in [-0.2, -0.15) is 0 Å². The highest BCUT2D eigenvalue weighted by molar-refractivity contribution is 7.89. The van der Waals surface area contributed by atoms with Crippen LogP contribution >= 0.6 is 0 Å². The van der Waals surface area contributed by atoms with E-state index in [0.29, 0.717) is 16.9 Å². The molecule has 166 valence electrons. The van der Waals surface area contributed by atoms with E-state index in [1.165, 1.54) is 42.7 Å². The molecule has 1 aliphatic rings. The Labute approximate surface area is 189 Å². The van der Waals surface area contributed by atoms with Gasteiger partial charge in [0.1, 0.15) is 11.5 Å². The summed E-state index contributed by atoms with van der Waals surface area (Å²) in [5.74, 6) is -1.28. The zero-order valence-electron chi connectivity index (χ0n) is 17.0. The molecule has 0 atom stereocenters. The van der Waals surface area contributed by atoms with E-state index < -0.39 is 21.9 Å². The first-order valence-electron chi connectivity index (χ1n) is 9.61. The Morgan fingerprint density at radius 3 is 2.39 bits per heavy atom. The number of benzene rings is 2. The van der Waals surface area contributed by atoms with Crippen LogP contribution in [0.4, 0.5) is 0 Å². The van der Waals surface area contributed by atoms with Crippen LogP contribution in [0.1, 0.15) is 16.9 Å². The van der Waals surface area contributed by atoms with Crippen molar-refractivity contribution in [3.63, 3.8) is 0 Å². The molecule has 0 radical (unpaired) electrons. The first-order chi connectivity index (χ1) is 15.8. The Kier molecular flexibility index (Phi) is 6.03. The van der Waals surface area contributed by atoms with Gasteiger partial charge in [-0.15, -0.1) is 4.83 Å². The first-order valence-corrected chi connectivity index (χ1v) is 11.1. The largest absolute Gasteiger partial charge is 0.478 e. The predicted molar refractivity (Wildman–Crippen MR) is 120 cm³/mol. The molecule has 2 aromatic carbocycles. The molecule has 0 fully saturated rings. The maximum absolute atomic E-state index is 13.0. The van der Waals surface area contributed by atoms with Gasteiger partial charge >= 0.3 is 5.97 Å². The molecule has 4 rings (SSSR count). The molecular weight excluding hydrogens is 446 g/mol. The van der Waals surface area contributed by atoms with Crippen molar-refractivity contribution in [2.75, 3.05) is 0 Å². The fourth-order valence-corrected chi connectivity index (χ4v) is 4.00. The SMILES string of the molecule is O=C(O)/C=C/c1ccc(S(=O)(=O)NN2C(=O)/C(=C\c3ccco3)N=C2c2ccccc2)cc1. The van der Waals surface area contributed by atoms with E-state index in [1.807, 2.05) is 0 Å². The lowest BCUT2D eigenvalue weighted by atomic mass is 10.2. The lowest BCUT2D eigenvalue weighted by Crippen LogP contribution is -2.47. The highest BCUT2D eigenvalue weighted by Crippen LogP contribution is 2.22. The minimum absolute atomic E-state index is 0.000610. The summed E-state index contributed by atoms with van der Waals surface area (Å²) in [5.41, 5.74) is 1.04. The fraction of sp³-hybridized carbons (Fsp3) is 0. The summed E-state index contributed by atoms with van der Waals surface area (Å²) < 4.78 is 31.2. The second-order valence-electron chi connectivity index (χ2n) is 6.82. The van der Waals surface area contributed by atoms with E-state index in [0.717, 1.165) is 11.1 Å². The monoisotopic (exact) mass is 463 g/mol. The summed E-state index contributed by atoms with van der Waals surface area (Å²) in [6.45, 7) is 0. The van der Waals surface area contributed by atoms with Crippen molar-refractivity contribution in [1.29, 1.82) is 0 Å². The van der Waals surface area contributed by atoms with E-state index in [4.69, 9.17) is 9.52 Å². The van der Waals surface area contributed by atoms with Crippen LogP contribution in [0.2, 0.25) is 0 Å². The smallest absolute Gasteiger partial charge is 0.328 e. The molecule has 2 heterocycles. The normalized spacial score (nSPS) is 15.4. The summed E-state index contributed by atoms with van der Waals surface area (Å²) >= 11 is 0. The molecule has 1 amide bonds. The van der Waals surface area contributed by atoms with Gasteiger partial charge in [-0.3, -0.25) is 4.79 Å². The molecule has 0 saturated carbocycles. The number of nitrogens with zero attached hydrogens (tertiary/aromatic N) is 2. The minimum atomic E-state index is -4.17. The number of sulfonamides is 1. The molecule has 0 saturated heterocycles. The number of aliphatic imine (C=N–C) groups is 1. The maximum atomic E-state index is 13.0. The molecule has 1 aromatic heterocycles. The molecule has 0 aliphatic carbocycles. The number of carboxylic acid groups (broad SMARTS) is 1. The van der Waals surface area contributed by atoms with Crippen molar-refractivity contribution >= 4 is 39.9 Å². The number of hydrogen-bond acceptors (Lipinski definition) is 6. The topological polar surface area (TPSA) is 129 Å². The number of nitrogens with one attached hydrogen (secondary N) is 1. The van der Waals surface area contributed by atoms with Crippen LogP contribution in [0.15, 0.2) is 99.1 Å². The number of carboxylic acids is 1. The lowest BCUT2D eigenvalue weighted by molar-refractivity contribution is -0.131. The van der Waals surface area contributed by atoms with Crippen molar-refractivity contribution in [3.05, 3.63) is 102 Å². The summed E-state index contributed by atoms with van der Waals surface area (Å²) in [6.07, 6.45) is 5.15. The lowest BCUT2D eigenvalue weighted by Gasteiger charge is -2.19. The Balaban J connectivity index is 1.65. The van der Waals surface area contributed by atoms with Crippen molar-refractivity contribution in [2.45, 2.75) is 4.90 Å². The van der Waals surface area contributed by atoms with Crippen LogP contribution in [0.3, 0.4) is 0 Å². The first kappa shape index (κ1) is 21.9. The molecule has 9 nitrogen and oxygen atoms in total. The van der Waals surface area contributed by atoms with Gasteiger partial charge in [-0.25, -0.2) is 23.2 Å². The molecule has 0 bridgehead atoms. The highest BCUT2D eigenvalue weighted by Gasteiger charge is 2.35. The van der Waals surface area contributed by atoms with E-state index in [2.05, 4.69) is 9.82 Å². The Bertz CT molecular complexity index is 1370. The Hall–Kier alpha value is -4.28. The van der Waals surface area contributed by atoms with Crippen molar-refractivity contribution in [3.8, 4) is 0 Å². The highest BCUT2D eigenvalue weighted by atomic mass is 32.2. The molecule has 0 spiro atoms. The van der Waals surface area contributed by atoms with Crippen molar-refractivity contribution in [1.82, 2.24) is 9.84 Å². The molecule has 1 aliphatic heterocycles. The number of hydrogen-bond donors (Lipinski definition) is 2. The van der Waals surface area contributed by atoms with Crippen LogP contribution in [0, 0.1) is 0 Å². The van der Waals surface area contributed by atoms with Crippen molar-refractivity contribution in [2.24, 2.45) is 4.99 Å². The number of amides is 1. The molecule has 2 N–H and O–H groups in total. The van der Waals surface area contributed by atoms with Crippen LogP contribution < -0.4 is 4.83 Å². The van der Waals surface area contributed by atoms with Gasteiger partial charge in [0.25, 0.3) is 15.9 Å². The maximum Gasteiger partial charge on any atom is 0.328 e. The predicted octanol–water partition coefficient (Wildman–Crippen LogP) is 2.90. The van der Waals surface area contributed by atoms with Gasteiger partial charge in [0.15, 0.2) is 5.84 Å². The number of carbonyl (C=O) groups excluding carboxylic acids is 1. The van der Waals surface area contributed by atoms with E-state index in [1.54, 1.807) is 42.5 Å². The number of amidine groups is 1. The number of rotatable bonds is 7. The van der Waals surface area contributed by atoms with Crippen LogP contribution in [-0.4, -0.2) is 36.2 Å². The van der Waals surface area contributed by atoms with Gasteiger partial charge in [0, 0.05) is 17.7 Å². The summed E-state index contributed by atoms with van der Waals surface area (Å²) in [4.78, 5) is 30.2. The molecule has 3 aromatic rings. The molecule has 0 unspecified atom stereocenters. The summed E-state index contributed by atoms with van der Waals surface area (Å²) in [7, 11) is -4.17. The third-order valence-electron chi connectivity index (χ3n) is 4.53. The second kappa shape index (κ2) is 9.07. The Morgan fingerprint density at radius 1 is 1.03 bits per heavy atom. The van der Waals surface area contributed by atoms with Crippen LogP contribution in [0.25, 0.3) is 12.2 Å². The van der Waals surface area contributed by atoms with E-state index in [-0.39, 0.29) is 16.4 Å². The van der Waals surface area contributed by atoms with Gasteiger partial charge < -0.3 is 9.52 Å². The third-order valence-corrected chi connectivity index (χ3v) is 5.85. The van der Waals surface area contributed by atoms with Gasteiger partial charge in [-0.05, 0) is 35.9 Å². The molecule has 33 heavy (non-hydrogen) atoms.